The highest BCUT2D eigenvalue weighted by molar-refractivity contribution is 7.47. The van der Waals surface area contributed by atoms with Gasteiger partial charge in [-0.2, -0.15) is 0 Å². The average Bonchev–Trinajstić information content (AvgIpc) is 3.10. The average molecular weight is 731 g/mol. The number of amides is 1. The summed E-state index contributed by atoms with van der Waals surface area (Å²) in [5.41, 5.74) is 5.37. The van der Waals surface area contributed by atoms with Gasteiger partial charge in [0, 0.05) is 13.0 Å². The molecule has 0 aliphatic carbocycles. The van der Waals surface area contributed by atoms with Crippen molar-refractivity contribution in [3.63, 3.8) is 0 Å². The number of aliphatic hydroxyl groups is 1. The van der Waals surface area contributed by atoms with Crippen molar-refractivity contribution in [1.29, 1.82) is 0 Å². The highest BCUT2D eigenvalue weighted by Gasteiger charge is 2.27. The minimum Gasteiger partial charge on any atom is -0.391 e. The lowest BCUT2D eigenvalue weighted by molar-refractivity contribution is -0.123. The van der Waals surface area contributed by atoms with E-state index in [1.165, 1.54) is 148 Å². The highest BCUT2D eigenvalue weighted by Crippen LogP contribution is 2.43. The maximum absolute atomic E-state index is 12.7. The lowest BCUT2D eigenvalue weighted by Gasteiger charge is -2.25. The van der Waals surface area contributed by atoms with Gasteiger partial charge >= 0.3 is 7.82 Å². The fourth-order valence-electron chi connectivity index (χ4n) is 6.37. The molecular weight excluding hydrogens is 647 g/mol. The van der Waals surface area contributed by atoms with Gasteiger partial charge in [0.05, 0.1) is 25.4 Å². The van der Waals surface area contributed by atoms with Crippen molar-refractivity contribution in [3.8, 4) is 0 Å². The van der Waals surface area contributed by atoms with E-state index in [2.05, 4.69) is 31.3 Å². The minimum atomic E-state index is -4.31. The number of hydrogen-bond acceptors (Lipinski definition) is 6. The number of allylic oxidation sites excluding steroid dienone is 2. The van der Waals surface area contributed by atoms with E-state index in [1.807, 2.05) is 0 Å². The number of phosphoric acid groups is 1. The van der Waals surface area contributed by atoms with Crippen LogP contribution in [0.25, 0.3) is 0 Å². The van der Waals surface area contributed by atoms with Crippen LogP contribution >= 0.6 is 7.82 Å². The monoisotopic (exact) mass is 731 g/mol. The summed E-state index contributed by atoms with van der Waals surface area (Å²) in [6, 6.07) is -0.770. The fourth-order valence-corrected chi connectivity index (χ4v) is 7.13. The summed E-state index contributed by atoms with van der Waals surface area (Å²) in [6.07, 6.45) is 40.8. The lowest BCUT2D eigenvalue weighted by Crippen LogP contribution is -2.46. The molecule has 0 aromatic carbocycles. The van der Waals surface area contributed by atoms with Crippen LogP contribution in [0.2, 0.25) is 0 Å². The quantitative estimate of drug-likeness (QED) is 0.0280. The Morgan fingerprint density at radius 3 is 1.48 bits per heavy atom. The van der Waals surface area contributed by atoms with Crippen LogP contribution in [-0.2, 0) is 18.4 Å². The van der Waals surface area contributed by atoms with Crippen molar-refractivity contribution >= 4 is 13.7 Å². The van der Waals surface area contributed by atoms with E-state index < -0.39 is 20.0 Å². The van der Waals surface area contributed by atoms with Gasteiger partial charge < -0.3 is 21.1 Å². The summed E-state index contributed by atoms with van der Waals surface area (Å²) in [7, 11) is -4.31. The maximum Gasteiger partial charge on any atom is 0.472 e. The van der Waals surface area contributed by atoms with Gasteiger partial charge in [-0.15, -0.1) is 0 Å². The van der Waals surface area contributed by atoms with Gasteiger partial charge in [0.25, 0.3) is 0 Å². The minimum absolute atomic E-state index is 0.0900. The second-order valence-corrected chi connectivity index (χ2v) is 16.0. The van der Waals surface area contributed by atoms with Gasteiger partial charge in [-0.1, -0.05) is 180 Å². The maximum atomic E-state index is 12.7. The van der Waals surface area contributed by atoms with Crippen LogP contribution in [-0.4, -0.2) is 47.8 Å². The zero-order chi connectivity index (χ0) is 36.8. The third-order valence-corrected chi connectivity index (χ3v) is 10.6. The van der Waals surface area contributed by atoms with E-state index in [4.69, 9.17) is 14.8 Å². The molecule has 0 aromatic rings. The van der Waals surface area contributed by atoms with Crippen LogP contribution < -0.4 is 11.1 Å². The summed E-state index contributed by atoms with van der Waals surface area (Å²) in [5, 5.41) is 13.7. The lowest BCUT2D eigenvalue weighted by atomic mass is 10.0. The summed E-state index contributed by atoms with van der Waals surface area (Å²) < 4.78 is 22.1. The Labute approximate surface area is 309 Å². The molecule has 0 spiro atoms. The van der Waals surface area contributed by atoms with Gasteiger partial charge in [0.1, 0.15) is 0 Å². The van der Waals surface area contributed by atoms with E-state index >= 15 is 0 Å². The van der Waals surface area contributed by atoms with Gasteiger partial charge in [-0.05, 0) is 38.5 Å². The number of aliphatic hydroxyl groups excluding tert-OH is 1. The smallest absolute Gasteiger partial charge is 0.391 e. The zero-order valence-corrected chi connectivity index (χ0v) is 33.8. The van der Waals surface area contributed by atoms with Gasteiger partial charge in [0.2, 0.25) is 5.91 Å². The first-order valence-electron chi connectivity index (χ1n) is 21.3. The molecule has 0 bridgehead atoms. The molecule has 0 rings (SSSR count). The molecule has 0 fully saturated rings. The molecule has 0 saturated carbocycles. The van der Waals surface area contributed by atoms with Crippen LogP contribution in [0.3, 0.4) is 0 Å². The van der Waals surface area contributed by atoms with Crippen molar-refractivity contribution in [2.24, 2.45) is 5.73 Å². The first-order valence-corrected chi connectivity index (χ1v) is 22.8. The number of carbonyl (C=O) groups is 1. The van der Waals surface area contributed by atoms with E-state index in [9.17, 15) is 19.4 Å². The number of carbonyl (C=O) groups excluding carboxylic acids is 1. The third-order valence-electron chi connectivity index (χ3n) is 9.62. The fraction of sp³-hybridized carbons (Fsp3) is 0.927. The van der Waals surface area contributed by atoms with Crippen LogP contribution in [0.15, 0.2) is 12.2 Å². The summed E-state index contributed by atoms with van der Waals surface area (Å²) in [6.45, 7) is 4.20. The van der Waals surface area contributed by atoms with Crippen LogP contribution in [0.4, 0.5) is 0 Å². The van der Waals surface area contributed by atoms with Crippen LogP contribution in [0, 0.1) is 0 Å². The molecule has 3 unspecified atom stereocenters. The molecule has 298 valence electrons. The zero-order valence-electron chi connectivity index (χ0n) is 32.9. The molecule has 0 saturated heterocycles. The van der Waals surface area contributed by atoms with Crippen molar-refractivity contribution in [3.05, 3.63) is 12.2 Å². The van der Waals surface area contributed by atoms with Gasteiger partial charge in [-0.3, -0.25) is 13.8 Å². The molecular formula is C41H83N2O6P. The number of phosphoric ester groups is 1. The Hall–Kier alpha value is -0.760. The molecule has 0 heterocycles. The van der Waals surface area contributed by atoms with Crippen LogP contribution in [0.1, 0.15) is 213 Å². The first kappa shape index (κ1) is 49.2. The number of nitrogens with two attached hydrogens (primary N) is 1. The van der Waals surface area contributed by atoms with Gasteiger partial charge in [0.15, 0.2) is 0 Å². The van der Waals surface area contributed by atoms with E-state index in [0.717, 1.165) is 38.5 Å². The molecule has 9 heteroatoms. The SMILES string of the molecule is CCCCCCCCCC/C=C\CCCCCCCCCCCC(=O)NC(COP(=O)(O)OCCN)C(O)CCCCCCCCCCCC. The van der Waals surface area contributed by atoms with E-state index in [-0.39, 0.29) is 25.7 Å². The topological polar surface area (TPSA) is 131 Å². The number of unbranched alkanes of at least 4 members (excludes halogenated alkanes) is 26. The van der Waals surface area contributed by atoms with Crippen molar-refractivity contribution in [2.45, 2.75) is 225 Å². The van der Waals surface area contributed by atoms with E-state index in [0.29, 0.717) is 12.8 Å². The Morgan fingerprint density at radius 1 is 0.640 bits per heavy atom. The highest BCUT2D eigenvalue weighted by atomic mass is 31.2. The van der Waals surface area contributed by atoms with Crippen molar-refractivity contribution in [2.75, 3.05) is 19.8 Å². The van der Waals surface area contributed by atoms with Crippen molar-refractivity contribution in [1.82, 2.24) is 5.32 Å². The number of rotatable bonds is 40. The first-order chi connectivity index (χ1) is 24.4. The molecule has 1 amide bonds. The molecule has 5 N–H and O–H groups in total. The normalized spacial score (nSPS) is 14.3. The Bertz CT molecular complexity index is 799. The standard InChI is InChI=1S/C41H83N2O6P/c1-3-5-7-9-11-13-15-16-17-18-19-20-21-22-23-24-25-27-29-31-33-35-41(45)43-39(38-49-50(46,47)48-37-36-42)40(44)34-32-30-28-26-14-12-10-8-6-4-2/h18-19,39-40,44H,3-17,20-38,42H2,1-2H3,(H,43,45)(H,46,47)/b19-18-. The second kappa shape index (κ2) is 38.0. The van der Waals surface area contributed by atoms with Crippen LogP contribution in [0.5, 0.6) is 0 Å². The Morgan fingerprint density at radius 2 is 1.04 bits per heavy atom. The number of hydrogen-bond donors (Lipinski definition) is 4. The molecule has 8 nitrogen and oxygen atoms in total. The third kappa shape index (κ3) is 35.6. The van der Waals surface area contributed by atoms with Gasteiger partial charge in [-0.25, -0.2) is 4.57 Å². The molecule has 50 heavy (non-hydrogen) atoms. The Kier molecular flexibility index (Phi) is 37.4. The summed E-state index contributed by atoms with van der Waals surface area (Å²) in [5.74, 6) is -0.164. The number of nitrogens with one attached hydrogen (secondary N) is 1. The Balaban J connectivity index is 4.05. The molecule has 0 aliphatic heterocycles. The summed E-state index contributed by atoms with van der Waals surface area (Å²) >= 11 is 0. The molecule has 3 atom stereocenters. The molecule has 0 aromatic heterocycles. The van der Waals surface area contributed by atoms with E-state index in [1.54, 1.807) is 0 Å². The van der Waals surface area contributed by atoms with Crippen molar-refractivity contribution < 1.29 is 28.4 Å². The largest absolute Gasteiger partial charge is 0.472 e. The second-order valence-electron chi connectivity index (χ2n) is 14.6. The molecule has 0 aliphatic rings. The molecule has 0 radical (unpaired) electrons. The predicted molar refractivity (Wildman–Crippen MR) is 212 cm³/mol. The summed E-state index contributed by atoms with van der Waals surface area (Å²) in [4.78, 5) is 22.7. The predicted octanol–water partition coefficient (Wildman–Crippen LogP) is 11.6.